The molecule has 0 fully saturated rings. The van der Waals surface area contributed by atoms with E-state index in [9.17, 15) is 9.59 Å². The van der Waals surface area contributed by atoms with Gasteiger partial charge < -0.3 is 10.3 Å². The van der Waals surface area contributed by atoms with Crippen molar-refractivity contribution in [3.63, 3.8) is 0 Å². The van der Waals surface area contributed by atoms with Crippen LogP contribution in [0.2, 0.25) is 0 Å². The van der Waals surface area contributed by atoms with Crippen LogP contribution >= 0.6 is 0 Å². The minimum atomic E-state index is -0.546. The van der Waals surface area contributed by atoms with Crippen molar-refractivity contribution in [3.05, 3.63) is 45.5 Å². The first-order valence-corrected chi connectivity index (χ1v) is 6.59. The molecule has 108 valence electrons. The molecular formula is C13H14N6O2. The van der Waals surface area contributed by atoms with E-state index in [1.54, 1.807) is 12.1 Å². The van der Waals surface area contributed by atoms with E-state index in [-0.39, 0.29) is 11.2 Å². The maximum absolute atomic E-state index is 12.3. The highest BCUT2D eigenvalue weighted by molar-refractivity contribution is 5.68. The summed E-state index contributed by atoms with van der Waals surface area (Å²) in [6.07, 6.45) is 3.83. The van der Waals surface area contributed by atoms with Crippen LogP contribution in [0.4, 0.5) is 5.82 Å². The van der Waals surface area contributed by atoms with Gasteiger partial charge in [-0.2, -0.15) is 0 Å². The van der Waals surface area contributed by atoms with Gasteiger partial charge in [0.05, 0.1) is 18.2 Å². The number of aromatic nitrogens is 5. The van der Waals surface area contributed by atoms with Crippen LogP contribution in [0.3, 0.4) is 0 Å². The van der Waals surface area contributed by atoms with Gasteiger partial charge in [-0.1, -0.05) is 6.92 Å². The smallest absolute Gasteiger partial charge is 0.334 e. The predicted octanol–water partition coefficient (Wildman–Crippen LogP) is 0.619. The van der Waals surface area contributed by atoms with Gasteiger partial charge in [-0.05, 0) is 18.6 Å². The number of anilines is 1. The molecular weight excluding hydrogens is 272 g/mol. The lowest BCUT2D eigenvalue weighted by Crippen LogP contribution is -2.33. The normalized spacial score (nSPS) is 10.9. The van der Waals surface area contributed by atoms with Crippen LogP contribution in [0.25, 0.3) is 16.9 Å². The van der Waals surface area contributed by atoms with Gasteiger partial charge >= 0.3 is 5.69 Å². The summed E-state index contributed by atoms with van der Waals surface area (Å²) >= 11 is 0. The highest BCUT2D eigenvalue weighted by atomic mass is 16.2. The summed E-state index contributed by atoms with van der Waals surface area (Å²) in [6, 6.07) is 3.40. The molecule has 0 aliphatic carbocycles. The van der Waals surface area contributed by atoms with Gasteiger partial charge in [-0.25, -0.2) is 19.3 Å². The molecule has 3 aromatic heterocycles. The highest BCUT2D eigenvalue weighted by Crippen LogP contribution is 2.07. The Morgan fingerprint density at radius 2 is 2.14 bits per heavy atom. The molecule has 21 heavy (non-hydrogen) atoms. The van der Waals surface area contributed by atoms with E-state index in [1.807, 2.05) is 0 Å². The summed E-state index contributed by atoms with van der Waals surface area (Å²) in [4.78, 5) is 37.6. The van der Waals surface area contributed by atoms with Gasteiger partial charge in [-0.15, -0.1) is 0 Å². The van der Waals surface area contributed by atoms with Crippen LogP contribution in [-0.2, 0) is 0 Å². The SMILES string of the molecule is CCCNc1ccc(-n2c(=O)[nH]c3nc[nH]c3c2=O)cn1. The van der Waals surface area contributed by atoms with Crippen LogP contribution in [-0.4, -0.2) is 31.0 Å². The predicted molar refractivity (Wildman–Crippen MR) is 78.9 cm³/mol. The fourth-order valence-corrected chi connectivity index (χ4v) is 2.02. The van der Waals surface area contributed by atoms with Crippen molar-refractivity contribution in [2.24, 2.45) is 0 Å². The molecule has 0 amide bonds. The maximum atomic E-state index is 12.3. The summed E-state index contributed by atoms with van der Waals surface area (Å²) in [5.74, 6) is 0.702. The fraction of sp³-hybridized carbons (Fsp3) is 0.231. The van der Waals surface area contributed by atoms with Crippen molar-refractivity contribution in [2.75, 3.05) is 11.9 Å². The van der Waals surface area contributed by atoms with E-state index in [0.717, 1.165) is 17.5 Å². The molecule has 0 bridgehead atoms. The van der Waals surface area contributed by atoms with Gasteiger partial charge in [-0.3, -0.25) is 9.78 Å². The summed E-state index contributed by atoms with van der Waals surface area (Å²) < 4.78 is 1.02. The molecule has 3 rings (SSSR count). The first-order valence-electron chi connectivity index (χ1n) is 6.59. The van der Waals surface area contributed by atoms with Crippen LogP contribution < -0.4 is 16.6 Å². The first kappa shape index (κ1) is 13.1. The molecule has 8 nitrogen and oxygen atoms in total. The molecule has 0 unspecified atom stereocenters. The molecule has 3 heterocycles. The summed E-state index contributed by atoms with van der Waals surface area (Å²) in [7, 11) is 0. The Morgan fingerprint density at radius 1 is 1.29 bits per heavy atom. The van der Waals surface area contributed by atoms with Crippen molar-refractivity contribution in [1.82, 2.24) is 24.5 Å². The van der Waals surface area contributed by atoms with Crippen molar-refractivity contribution in [3.8, 4) is 5.69 Å². The number of hydrogen-bond donors (Lipinski definition) is 3. The molecule has 8 heteroatoms. The number of H-pyrrole nitrogens is 2. The minimum absolute atomic E-state index is 0.246. The molecule has 3 aromatic rings. The number of hydrogen-bond acceptors (Lipinski definition) is 5. The van der Waals surface area contributed by atoms with Crippen LogP contribution in [0, 0.1) is 0 Å². The number of aromatic amines is 2. The zero-order valence-electron chi connectivity index (χ0n) is 11.4. The molecule has 0 aliphatic rings. The number of pyridine rings is 1. The largest absolute Gasteiger partial charge is 0.370 e. The van der Waals surface area contributed by atoms with E-state index >= 15 is 0 Å². The first-order chi connectivity index (χ1) is 10.2. The topological polar surface area (TPSA) is 108 Å². The molecule has 0 radical (unpaired) electrons. The van der Waals surface area contributed by atoms with Crippen molar-refractivity contribution < 1.29 is 0 Å². The second-order valence-electron chi connectivity index (χ2n) is 4.53. The minimum Gasteiger partial charge on any atom is -0.370 e. The van der Waals surface area contributed by atoms with E-state index in [2.05, 4.69) is 32.2 Å². The lowest BCUT2D eigenvalue weighted by atomic mass is 10.3. The quantitative estimate of drug-likeness (QED) is 0.651. The highest BCUT2D eigenvalue weighted by Gasteiger charge is 2.11. The Labute approximate surface area is 118 Å². The lowest BCUT2D eigenvalue weighted by molar-refractivity contribution is 0.888. The zero-order chi connectivity index (χ0) is 14.8. The maximum Gasteiger partial charge on any atom is 0.334 e. The van der Waals surface area contributed by atoms with Crippen molar-refractivity contribution in [1.29, 1.82) is 0 Å². The van der Waals surface area contributed by atoms with Gasteiger partial charge in [0, 0.05) is 6.54 Å². The summed E-state index contributed by atoms with van der Waals surface area (Å²) in [6.45, 7) is 2.87. The van der Waals surface area contributed by atoms with Crippen LogP contribution in [0.1, 0.15) is 13.3 Å². The van der Waals surface area contributed by atoms with E-state index in [4.69, 9.17) is 0 Å². The Bertz CT molecular complexity index is 874. The monoisotopic (exact) mass is 286 g/mol. The molecule has 0 aromatic carbocycles. The standard InChI is InChI=1S/C13H14N6O2/c1-2-5-14-9-4-3-8(6-15-9)19-12(20)10-11(17-7-16-10)18-13(19)21/h3-4,6-7H,2,5H2,1H3,(H,14,15)(H,16,17)(H,18,21). The Balaban J connectivity index is 2.08. The fourth-order valence-electron chi connectivity index (χ4n) is 2.02. The number of nitrogens with one attached hydrogen (secondary N) is 3. The number of nitrogens with zero attached hydrogens (tertiary/aromatic N) is 3. The third-order valence-corrected chi connectivity index (χ3v) is 3.05. The molecule has 3 N–H and O–H groups in total. The number of imidazole rings is 1. The Morgan fingerprint density at radius 3 is 2.86 bits per heavy atom. The summed E-state index contributed by atoms with van der Waals surface area (Å²) in [5, 5.41) is 3.13. The second-order valence-corrected chi connectivity index (χ2v) is 4.53. The Hall–Kier alpha value is -2.90. The van der Waals surface area contributed by atoms with Gasteiger partial charge in [0.2, 0.25) is 0 Å². The molecule has 0 atom stereocenters. The zero-order valence-corrected chi connectivity index (χ0v) is 11.4. The lowest BCUT2D eigenvalue weighted by Gasteiger charge is -2.06. The summed E-state index contributed by atoms with van der Waals surface area (Å²) in [5.41, 5.74) is -0.101. The van der Waals surface area contributed by atoms with Gasteiger partial charge in [0.15, 0.2) is 5.65 Å². The van der Waals surface area contributed by atoms with E-state index in [0.29, 0.717) is 11.5 Å². The third kappa shape index (κ3) is 2.31. The van der Waals surface area contributed by atoms with Crippen LogP contribution in [0.5, 0.6) is 0 Å². The van der Waals surface area contributed by atoms with Gasteiger partial charge in [0.1, 0.15) is 11.3 Å². The van der Waals surface area contributed by atoms with Crippen molar-refractivity contribution in [2.45, 2.75) is 13.3 Å². The van der Waals surface area contributed by atoms with Gasteiger partial charge in [0.25, 0.3) is 5.56 Å². The van der Waals surface area contributed by atoms with Crippen molar-refractivity contribution >= 4 is 17.0 Å². The second kappa shape index (κ2) is 5.23. The molecule has 0 saturated carbocycles. The average Bonchev–Trinajstić information content (AvgIpc) is 2.95. The average molecular weight is 286 g/mol. The van der Waals surface area contributed by atoms with E-state index in [1.165, 1.54) is 12.5 Å². The molecule has 0 saturated heterocycles. The molecule has 0 spiro atoms. The van der Waals surface area contributed by atoms with E-state index < -0.39 is 11.2 Å². The number of rotatable bonds is 4. The Kier molecular flexibility index (Phi) is 3.27. The number of fused-ring (bicyclic) bond motifs is 1. The van der Waals surface area contributed by atoms with Crippen LogP contribution in [0.15, 0.2) is 34.2 Å². The molecule has 0 aliphatic heterocycles. The third-order valence-electron chi connectivity index (χ3n) is 3.05.